The topological polar surface area (TPSA) is 112 Å². The second-order valence-corrected chi connectivity index (χ2v) is 5.87. The molecule has 9 heteroatoms. The number of nitrogens with one attached hydrogen (secondary N) is 1. The lowest BCUT2D eigenvalue weighted by Gasteiger charge is -2.05. The van der Waals surface area contributed by atoms with Crippen LogP contribution in [0, 0.1) is 13.8 Å². The van der Waals surface area contributed by atoms with E-state index in [1.54, 1.807) is 42.3 Å². The van der Waals surface area contributed by atoms with Crippen molar-refractivity contribution in [3.8, 4) is 17.3 Å². The Hall–Kier alpha value is -3.75. The van der Waals surface area contributed by atoms with Crippen LogP contribution in [0.5, 0.6) is 0 Å². The van der Waals surface area contributed by atoms with E-state index in [1.165, 1.54) is 6.20 Å². The lowest BCUT2D eigenvalue weighted by Crippen LogP contribution is -2.23. The zero-order chi connectivity index (χ0) is 18.8. The highest BCUT2D eigenvalue weighted by molar-refractivity contribution is 5.95. The molecular weight excluding hydrogens is 348 g/mol. The fourth-order valence-electron chi connectivity index (χ4n) is 2.59. The number of hydrogen-bond acceptors (Lipinski definition) is 7. The Labute approximate surface area is 154 Å². The molecule has 4 aromatic heterocycles. The van der Waals surface area contributed by atoms with Gasteiger partial charge in [-0.05, 0) is 38.1 Å². The van der Waals surface area contributed by atoms with Crippen molar-refractivity contribution < 1.29 is 13.7 Å². The first-order valence-corrected chi connectivity index (χ1v) is 8.24. The molecule has 0 unspecified atom stereocenters. The van der Waals surface area contributed by atoms with Crippen molar-refractivity contribution >= 4 is 5.91 Å². The minimum absolute atomic E-state index is 0.229. The minimum Gasteiger partial charge on any atom is -0.467 e. The van der Waals surface area contributed by atoms with Crippen LogP contribution in [0.25, 0.3) is 17.3 Å². The molecule has 0 atom stereocenters. The Morgan fingerprint density at radius 3 is 2.78 bits per heavy atom. The van der Waals surface area contributed by atoms with Gasteiger partial charge in [0.05, 0.1) is 35.8 Å². The molecule has 0 fully saturated rings. The standard InChI is InChI=1S/C18H16N6O3/c1-11-15(17(25)20-9-14-4-3-7-26-14)10-21-24(11)16-6-5-13(8-19-16)18-22-12(2)23-27-18/h3-8,10H,9H2,1-2H3,(H,20,25). The Kier molecular flexibility index (Phi) is 4.25. The van der Waals surface area contributed by atoms with Crippen LogP contribution in [0.2, 0.25) is 0 Å². The number of amides is 1. The molecule has 0 radical (unpaired) electrons. The van der Waals surface area contributed by atoms with E-state index in [9.17, 15) is 4.79 Å². The maximum absolute atomic E-state index is 12.4. The number of hydrogen-bond donors (Lipinski definition) is 1. The van der Waals surface area contributed by atoms with Gasteiger partial charge in [-0.15, -0.1) is 0 Å². The molecule has 4 rings (SSSR count). The Morgan fingerprint density at radius 1 is 1.22 bits per heavy atom. The number of carbonyl (C=O) groups is 1. The molecule has 0 aliphatic carbocycles. The van der Waals surface area contributed by atoms with Gasteiger partial charge in [0.15, 0.2) is 11.6 Å². The van der Waals surface area contributed by atoms with Crippen LogP contribution in [0.3, 0.4) is 0 Å². The first-order valence-electron chi connectivity index (χ1n) is 8.24. The van der Waals surface area contributed by atoms with E-state index in [2.05, 4.69) is 25.5 Å². The van der Waals surface area contributed by atoms with Crippen molar-refractivity contribution in [2.45, 2.75) is 20.4 Å². The fraction of sp³-hybridized carbons (Fsp3) is 0.167. The van der Waals surface area contributed by atoms with Crippen LogP contribution in [0.4, 0.5) is 0 Å². The van der Waals surface area contributed by atoms with Crippen LogP contribution in [-0.4, -0.2) is 30.8 Å². The van der Waals surface area contributed by atoms with Gasteiger partial charge in [0, 0.05) is 6.20 Å². The number of aryl methyl sites for hydroxylation is 1. The summed E-state index contributed by atoms with van der Waals surface area (Å²) in [5.41, 5.74) is 1.86. The van der Waals surface area contributed by atoms with E-state index in [0.29, 0.717) is 46.7 Å². The second-order valence-electron chi connectivity index (χ2n) is 5.87. The maximum atomic E-state index is 12.4. The van der Waals surface area contributed by atoms with Gasteiger partial charge in [-0.2, -0.15) is 10.1 Å². The summed E-state index contributed by atoms with van der Waals surface area (Å²) in [5.74, 6) is 2.00. The normalized spacial score (nSPS) is 10.9. The predicted molar refractivity (Wildman–Crippen MR) is 94.0 cm³/mol. The minimum atomic E-state index is -0.229. The fourth-order valence-corrected chi connectivity index (χ4v) is 2.59. The second kappa shape index (κ2) is 6.87. The number of pyridine rings is 1. The van der Waals surface area contributed by atoms with Crippen molar-refractivity contribution in [2.24, 2.45) is 0 Å². The Bertz CT molecular complexity index is 1060. The van der Waals surface area contributed by atoms with Crippen molar-refractivity contribution in [1.29, 1.82) is 0 Å². The van der Waals surface area contributed by atoms with E-state index in [1.807, 2.05) is 13.0 Å². The average molecular weight is 364 g/mol. The van der Waals surface area contributed by atoms with E-state index < -0.39 is 0 Å². The van der Waals surface area contributed by atoms with E-state index in [-0.39, 0.29) is 5.91 Å². The van der Waals surface area contributed by atoms with Gasteiger partial charge in [-0.25, -0.2) is 9.67 Å². The number of furan rings is 1. The highest BCUT2D eigenvalue weighted by Crippen LogP contribution is 2.18. The van der Waals surface area contributed by atoms with Gasteiger partial charge in [-0.3, -0.25) is 4.79 Å². The summed E-state index contributed by atoms with van der Waals surface area (Å²) in [6, 6.07) is 7.16. The molecule has 0 bridgehead atoms. The summed E-state index contributed by atoms with van der Waals surface area (Å²) in [6.45, 7) is 3.87. The molecule has 4 aromatic rings. The van der Waals surface area contributed by atoms with Gasteiger partial charge >= 0.3 is 0 Å². The van der Waals surface area contributed by atoms with Gasteiger partial charge in [-0.1, -0.05) is 5.16 Å². The number of aromatic nitrogens is 5. The predicted octanol–water partition coefficient (Wildman–Crippen LogP) is 2.46. The van der Waals surface area contributed by atoms with Crippen molar-refractivity contribution in [3.05, 3.63) is 65.8 Å². The Balaban J connectivity index is 1.52. The third kappa shape index (κ3) is 3.34. The highest BCUT2D eigenvalue weighted by Gasteiger charge is 2.16. The molecule has 1 N–H and O–H groups in total. The van der Waals surface area contributed by atoms with Crippen molar-refractivity contribution in [1.82, 2.24) is 30.2 Å². The number of carbonyl (C=O) groups excluding carboxylic acids is 1. The SMILES string of the molecule is Cc1noc(-c2ccc(-n3ncc(C(=O)NCc4ccco4)c3C)nc2)n1. The molecule has 136 valence electrons. The largest absolute Gasteiger partial charge is 0.467 e. The maximum Gasteiger partial charge on any atom is 0.259 e. The molecule has 4 heterocycles. The molecular formula is C18H16N6O3. The first kappa shape index (κ1) is 16.7. The van der Waals surface area contributed by atoms with Gasteiger partial charge in [0.1, 0.15) is 5.76 Å². The Morgan fingerprint density at radius 2 is 2.11 bits per heavy atom. The van der Waals surface area contributed by atoms with Crippen molar-refractivity contribution in [2.75, 3.05) is 0 Å². The zero-order valence-corrected chi connectivity index (χ0v) is 14.7. The van der Waals surface area contributed by atoms with E-state index >= 15 is 0 Å². The van der Waals surface area contributed by atoms with Crippen LogP contribution in [0.15, 0.2) is 51.9 Å². The smallest absolute Gasteiger partial charge is 0.259 e. The van der Waals surface area contributed by atoms with Crippen LogP contribution >= 0.6 is 0 Å². The summed E-state index contributed by atoms with van der Waals surface area (Å²) in [4.78, 5) is 20.9. The van der Waals surface area contributed by atoms with E-state index in [0.717, 1.165) is 0 Å². The molecule has 9 nitrogen and oxygen atoms in total. The third-order valence-electron chi connectivity index (χ3n) is 4.00. The quantitative estimate of drug-likeness (QED) is 0.579. The zero-order valence-electron chi connectivity index (χ0n) is 14.7. The summed E-state index contributed by atoms with van der Waals surface area (Å²) in [5, 5.41) is 10.8. The first-order chi connectivity index (χ1) is 13.1. The monoisotopic (exact) mass is 364 g/mol. The molecule has 1 amide bonds. The number of nitrogens with zero attached hydrogens (tertiary/aromatic N) is 5. The van der Waals surface area contributed by atoms with Gasteiger partial charge < -0.3 is 14.3 Å². The van der Waals surface area contributed by atoms with Crippen LogP contribution < -0.4 is 5.32 Å². The van der Waals surface area contributed by atoms with E-state index in [4.69, 9.17) is 8.94 Å². The van der Waals surface area contributed by atoms with Crippen LogP contribution in [-0.2, 0) is 6.54 Å². The molecule has 27 heavy (non-hydrogen) atoms. The van der Waals surface area contributed by atoms with Gasteiger partial charge in [0.25, 0.3) is 11.8 Å². The molecule has 0 aliphatic rings. The summed E-state index contributed by atoms with van der Waals surface area (Å²) in [7, 11) is 0. The molecule has 0 aromatic carbocycles. The molecule has 0 saturated heterocycles. The summed E-state index contributed by atoms with van der Waals surface area (Å²) >= 11 is 0. The third-order valence-corrected chi connectivity index (χ3v) is 4.00. The summed E-state index contributed by atoms with van der Waals surface area (Å²) < 4.78 is 11.9. The van der Waals surface area contributed by atoms with Crippen LogP contribution in [0.1, 0.15) is 27.6 Å². The molecule has 0 aliphatic heterocycles. The lowest BCUT2D eigenvalue weighted by atomic mass is 10.2. The van der Waals surface area contributed by atoms with Gasteiger partial charge in [0.2, 0.25) is 0 Å². The summed E-state index contributed by atoms with van der Waals surface area (Å²) in [6.07, 6.45) is 4.71. The van der Waals surface area contributed by atoms with Crippen molar-refractivity contribution in [3.63, 3.8) is 0 Å². The number of rotatable bonds is 5. The average Bonchev–Trinajstić information content (AvgIpc) is 3.41. The molecule has 0 spiro atoms. The molecule has 0 saturated carbocycles. The highest BCUT2D eigenvalue weighted by atomic mass is 16.5. The lowest BCUT2D eigenvalue weighted by molar-refractivity contribution is 0.0947.